The Balaban J connectivity index is 1.63. The number of aromatic hydroxyl groups is 1. The van der Waals surface area contributed by atoms with Crippen LogP contribution >= 0.6 is 0 Å². The molecule has 0 radical (unpaired) electrons. The molecule has 1 aromatic carbocycles. The summed E-state index contributed by atoms with van der Waals surface area (Å²) in [7, 11) is 0. The van der Waals surface area contributed by atoms with Crippen LogP contribution in [0.25, 0.3) is 11.3 Å². The number of anilines is 1. The van der Waals surface area contributed by atoms with E-state index in [1.165, 1.54) is 6.07 Å². The standard InChI is InChI=1S/C19H22FN3O2/c1-10-6-16(21-11-8-19(2,25)9-11)22-23-17(10)14-7-15(20)12-4-3-5-13(12)18(14)24/h6-7,11,24-25H,3-5,8-9H2,1-2H3,(H,21,22)/t11-,19+. The Labute approximate surface area is 145 Å². The highest BCUT2D eigenvalue weighted by atomic mass is 19.1. The van der Waals surface area contributed by atoms with E-state index in [0.29, 0.717) is 53.9 Å². The van der Waals surface area contributed by atoms with Gasteiger partial charge in [0.15, 0.2) is 0 Å². The van der Waals surface area contributed by atoms with Crippen molar-refractivity contribution in [2.24, 2.45) is 0 Å². The summed E-state index contributed by atoms with van der Waals surface area (Å²) in [5.41, 5.74) is 2.44. The molecular weight excluding hydrogens is 321 g/mol. The number of nitrogens with zero attached hydrogens (tertiary/aromatic N) is 2. The lowest BCUT2D eigenvalue weighted by atomic mass is 9.77. The molecule has 132 valence electrons. The lowest BCUT2D eigenvalue weighted by Crippen LogP contribution is -2.48. The van der Waals surface area contributed by atoms with Crippen molar-refractivity contribution < 1.29 is 14.6 Å². The lowest BCUT2D eigenvalue weighted by molar-refractivity contribution is -0.0235. The number of fused-ring (bicyclic) bond motifs is 1. The third-order valence-electron chi connectivity index (χ3n) is 5.28. The highest BCUT2D eigenvalue weighted by molar-refractivity contribution is 5.73. The SMILES string of the molecule is Cc1cc(N[C@H]2C[C@@](C)(O)C2)nnc1-c1cc(F)c2c(c1O)CCC2. The Morgan fingerprint density at radius 1 is 1.20 bits per heavy atom. The van der Waals surface area contributed by atoms with Crippen LogP contribution < -0.4 is 5.32 Å². The molecule has 2 aliphatic carbocycles. The minimum atomic E-state index is -0.603. The first-order valence-electron chi connectivity index (χ1n) is 8.71. The average Bonchev–Trinajstić information content (AvgIpc) is 3.00. The minimum absolute atomic E-state index is 0.127. The van der Waals surface area contributed by atoms with Crippen molar-refractivity contribution >= 4 is 5.82 Å². The zero-order valence-electron chi connectivity index (χ0n) is 14.4. The van der Waals surface area contributed by atoms with Crippen molar-refractivity contribution in [3.8, 4) is 17.0 Å². The molecule has 0 spiro atoms. The second-order valence-corrected chi connectivity index (χ2v) is 7.57. The van der Waals surface area contributed by atoms with Gasteiger partial charge in [0.25, 0.3) is 0 Å². The highest BCUT2D eigenvalue weighted by Gasteiger charge is 2.38. The molecule has 3 N–H and O–H groups in total. The van der Waals surface area contributed by atoms with Gasteiger partial charge in [0.2, 0.25) is 0 Å². The first-order valence-corrected chi connectivity index (χ1v) is 8.71. The summed E-state index contributed by atoms with van der Waals surface area (Å²) in [5, 5.41) is 32.0. The van der Waals surface area contributed by atoms with E-state index in [2.05, 4.69) is 15.5 Å². The van der Waals surface area contributed by atoms with Gasteiger partial charge < -0.3 is 15.5 Å². The molecule has 5 nitrogen and oxygen atoms in total. The normalized spacial score (nSPS) is 24.7. The van der Waals surface area contributed by atoms with E-state index in [9.17, 15) is 14.6 Å². The molecule has 0 amide bonds. The summed E-state index contributed by atoms with van der Waals surface area (Å²) in [4.78, 5) is 0. The molecule has 0 aliphatic heterocycles. The molecule has 0 unspecified atom stereocenters. The zero-order chi connectivity index (χ0) is 17.8. The van der Waals surface area contributed by atoms with Crippen molar-refractivity contribution in [1.82, 2.24) is 10.2 Å². The third kappa shape index (κ3) is 2.84. The fourth-order valence-electron chi connectivity index (χ4n) is 4.03. The quantitative estimate of drug-likeness (QED) is 0.798. The summed E-state index contributed by atoms with van der Waals surface area (Å²) in [5.74, 6) is 0.477. The first-order chi connectivity index (χ1) is 11.8. The number of aliphatic hydroxyl groups is 1. The predicted molar refractivity (Wildman–Crippen MR) is 93.1 cm³/mol. The number of phenols is 1. The smallest absolute Gasteiger partial charge is 0.149 e. The molecule has 2 aromatic rings. The van der Waals surface area contributed by atoms with Gasteiger partial charge in [-0.25, -0.2) is 4.39 Å². The number of halogens is 1. The molecule has 0 saturated heterocycles. The second-order valence-electron chi connectivity index (χ2n) is 7.57. The maximum atomic E-state index is 14.3. The van der Waals surface area contributed by atoms with Crippen molar-refractivity contribution in [3.63, 3.8) is 0 Å². The maximum absolute atomic E-state index is 14.3. The number of rotatable bonds is 3. The molecule has 1 fully saturated rings. The van der Waals surface area contributed by atoms with Crippen LogP contribution in [0.1, 0.15) is 42.9 Å². The summed E-state index contributed by atoms with van der Waals surface area (Å²) >= 11 is 0. The van der Waals surface area contributed by atoms with Crippen molar-refractivity contribution in [1.29, 1.82) is 0 Å². The molecular formula is C19H22FN3O2. The number of benzene rings is 1. The van der Waals surface area contributed by atoms with Crippen LogP contribution in [0.5, 0.6) is 5.75 Å². The Hall–Kier alpha value is -2.21. The van der Waals surface area contributed by atoms with E-state index in [1.807, 2.05) is 19.9 Å². The predicted octanol–water partition coefficient (Wildman–Crippen LogP) is 3.11. The van der Waals surface area contributed by atoms with Crippen molar-refractivity contribution in [2.45, 2.75) is 57.6 Å². The van der Waals surface area contributed by atoms with Gasteiger partial charge in [-0.15, -0.1) is 10.2 Å². The Kier molecular flexibility index (Phi) is 3.68. The van der Waals surface area contributed by atoms with Gasteiger partial charge in [0, 0.05) is 17.2 Å². The molecule has 2 aliphatic rings. The molecule has 25 heavy (non-hydrogen) atoms. The van der Waals surface area contributed by atoms with Gasteiger partial charge in [-0.1, -0.05) is 0 Å². The van der Waals surface area contributed by atoms with Gasteiger partial charge in [-0.3, -0.25) is 0 Å². The Bertz CT molecular complexity index is 843. The summed E-state index contributed by atoms with van der Waals surface area (Å²) < 4.78 is 14.3. The first kappa shape index (κ1) is 16.3. The third-order valence-corrected chi connectivity index (χ3v) is 5.28. The number of aryl methyl sites for hydroxylation is 1. The van der Waals surface area contributed by atoms with E-state index in [0.717, 1.165) is 12.0 Å². The monoisotopic (exact) mass is 343 g/mol. The van der Waals surface area contributed by atoms with Crippen LogP contribution in [0, 0.1) is 12.7 Å². The van der Waals surface area contributed by atoms with Gasteiger partial charge in [0.05, 0.1) is 11.3 Å². The fourth-order valence-corrected chi connectivity index (χ4v) is 4.03. The van der Waals surface area contributed by atoms with E-state index in [-0.39, 0.29) is 17.6 Å². The van der Waals surface area contributed by atoms with Crippen LogP contribution in [-0.4, -0.2) is 32.1 Å². The average molecular weight is 343 g/mol. The van der Waals surface area contributed by atoms with E-state index in [1.54, 1.807) is 0 Å². The molecule has 1 aromatic heterocycles. The summed E-state index contributed by atoms with van der Waals surface area (Å²) in [6.45, 7) is 3.69. The second kappa shape index (κ2) is 5.66. The van der Waals surface area contributed by atoms with Gasteiger partial charge in [-0.2, -0.15) is 0 Å². The number of nitrogens with one attached hydrogen (secondary N) is 1. The van der Waals surface area contributed by atoms with E-state index < -0.39 is 5.60 Å². The number of hydrogen-bond acceptors (Lipinski definition) is 5. The van der Waals surface area contributed by atoms with Crippen LogP contribution in [0.2, 0.25) is 0 Å². The largest absolute Gasteiger partial charge is 0.507 e. The highest BCUT2D eigenvalue weighted by Crippen LogP contribution is 2.40. The van der Waals surface area contributed by atoms with Crippen molar-refractivity contribution in [3.05, 3.63) is 34.6 Å². The summed E-state index contributed by atoms with van der Waals surface area (Å²) in [6.07, 6.45) is 3.58. The van der Waals surface area contributed by atoms with Crippen LogP contribution in [0.3, 0.4) is 0 Å². The molecule has 4 rings (SSSR count). The van der Waals surface area contributed by atoms with E-state index in [4.69, 9.17) is 0 Å². The van der Waals surface area contributed by atoms with Crippen LogP contribution in [-0.2, 0) is 12.8 Å². The van der Waals surface area contributed by atoms with Crippen LogP contribution in [0.4, 0.5) is 10.2 Å². The topological polar surface area (TPSA) is 78.3 Å². The maximum Gasteiger partial charge on any atom is 0.149 e. The molecule has 0 atom stereocenters. The van der Waals surface area contributed by atoms with Gasteiger partial charge in [-0.05, 0) is 69.2 Å². The van der Waals surface area contributed by atoms with E-state index >= 15 is 0 Å². The molecule has 0 bridgehead atoms. The molecule has 6 heteroatoms. The Morgan fingerprint density at radius 3 is 2.60 bits per heavy atom. The summed E-state index contributed by atoms with van der Waals surface area (Å²) in [6, 6.07) is 3.40. The molecule has 1 heterocycles. The Morgan fingerprint density at radius 2 is 1.92 bits per heavy atom. The number of phenolic OH excluding ortho intramolecular Hbond substituents is 1. The lowest BCUT2D eigenvalue weighted by Gasteiger charge is -2.41. The minimum Gasteiger partial charge on any atom is -0.507 e. The number of hydrogen-bond donors (Lipinski definition) is 3. The zero-order valence-corrected chi connectivity index (χ0v) is 14.4. The van der Waals surface area contributed by atoms with Crippen molar-refractivity contribution in [2.75, 3.05) is 5.32 Å². The molecule has 1 saturated carbocycles. The number of aromatic nitrogens is 2. The van der Waals surface area contributed by atoms with Gasteiger partial charge >= 0.3 is 0 Å². The van der Waals surface area contributed by atoms with Gasteiger partial charge in [0.1, 0.15) is 17.4 Å². The van der Waals surface area contributed by atoms with Crippen LogP contribution in [0.15, 0.2) is 12.1 Å². The fraction of sp³-hybridized carbons (Fsp3) is 0.474.